The van der Waals surface area contributed by atoms with E-state index in [0.29, 0.717) is 18.0 Å². The minimum atomic E-state index is -3.42. The van der Waals surface area contributed by atoms with E-state index in [0.717, 1.165) is 24.7 Å². The molecule has 0 saturated heterocycles. The minimum absolute atomic E-state index is 0.0483. The zero-order chi connectivity index (χ0) is 18.4. The summed E-state index contributed by atoms with van der Waals surface area (Å²) in [5.41, 5.74) is 0.793. The second-order valence-electron chi connectivity index (χ2n) is 6.20. The Morgan fingerprint density at radius 3 is 2.60 bits per heavy atom. The SMILES string of the molecule is CCCCN(C)C(=O)CCN(Cc1ccc2c(c1)OCO2)S(C)(=O)=O. The van der Waals surface area contributed by atoms with Crippen LogP contribution < -0.4 is 9.47 Å². The fourth-order valence-electron chi connectivity index (χ4n) is 2.54. The van der Waals surface area contributed by atoms with Crippen LogP contribution in [0, 0.1) is 0 Å². The van der Waals surface area contributed by atoms with Crippen LogP contribution in [0.5, 0.6) is 11.5 Å². The fraction of sp³-hybridized carbons (Fsp3) is 0.588. The topological polar surface area (TPSA) is 76.2 Å². The van der Waals surface area contributed by atoms with Crippen LogP contribution in [0.1, 0.15) is 31.7 Å². The number of amides is 1. The monoisotopic (exact) mass is 370 g/mol. The summed E-state index contributed by atoms with van der Waals surface area (Å²) >= 11 is 0. The number of benzene rings is 1. The molecule has 0 aromatic heterocycles. The predicted octanol–water partition coefficient (Wildman–Crippen LogP) is 1.83. The van der Waals surface area contributed by atoms with Gasteiger partial charge < -0.3 is 14.4 Å². The second-order valence-corrected chi connectivity index (χ2v) is 8.19. The first-order chi connectivity index (χ1) is 11.8. The van der Waals surface area contributed by atoms with Gasteiger partial charge in [-0.05, 0) is 24.1 Å². The number of sulfonamides is 1. The van der Waals surface area contributed by atoms with Crippen molar-refractivity contribution >= 4 is 15.9 Å². The lowest BCUT2D eigenvalue weighted by atomic mass is 10.2. The highest BCUT2D eigenvalue weighted by Gasteiger charge is 2.21. The number of fused-ring (bicyclic) bond motifs is 1. The van der Waals surface area contributed by atoms with Crippen LogP contribution in [0.4, 0.5) is 0 Å². The molecule has 1 aliphatic rings. The Hall–Kier alpha value is -1.80. The van der Waals surface area contributed by atoms with Crippen LogP contribution in [0.3, 0.4) is 0 Å². The molecule has 1 heterocycles. The highest BCUT2D eigenvalue weighted by atomic mass is 32.2. The van der Waals surface area contributed by atoms with Crippen molar-refractivity contribution in [3.05, 3.63) is 23.8 Å². The molecule has 1 aromatic carbocycles. The first kappa shape index (κ1) is 19.5. The quantitative estimate of drug-likeness (QED) is 0.663. The normalized spacial score (nSPS) is 13.3. The molecule has 140 valence electrons. The molecule has 1 amide bonds. The second kappa shape index (κ2) is 8.53. The lowest BCUT2D eigenvalue weighted by molar-refractivity contribution is -0.130. The van der Waals surface area contributed by atoms with Gasteiger partial charge in [0, 0.05) is 33.1 Å². The Morgan fingerprint density at radius 1 is 1.20 bits per heavy atom. The molecule has 0 unspecified atom stereocenters. The molecule has 1 aromatic rings. The number of rotatable bonds is 9. The van der Waals surface area contributed by atoms with Gasteiger partial charge in [0.15, 0.2) is 11.5 Å². The van der Waals surface area contributed by atoms with E-state index in [1.165, 1.54) is 4.31 Å². The first-order valence-corrected chi connectivity index (χ1v) is 10.2. The smallest absolute Gasteiger partial charge is 0.231 e. The van der Waals surface area contributed by atoms with Gasteiger partial charge in [0.05, 0.1) is 6.26 Å². The van der Waals surface area contributed by atoms with Crippen LogP contribution in [0.2, 0.25) is 0 Å². The Bertz CT molecular complexity index is 705. The standard InChI is InChI=1S/C17H26N2O5S/c1-4-5-9-18(2)17(20)8-10-19(25(3,21)22)12-14-6-7-15-16(11-14)24-13-23-15/h6-7,11H,4-5,8-10,12-13H2,1-3H3. The Morgan fingerprint density at radius 2 is 1.92 bits per heavy atom. The first-order valence-electron chi connectivity index (χ1n) is 8.39. The van der Waals surface area contributed by atoms with Crippen LogP contribution in [-0.4, -0.2) is 56.7 Å². The summed E-state index contributed by atoms with van der Waals surface area (Å²) in [6.07, 6.45) is 3.27. The van der Waals surface area contributed by atoms with Gasteiger partial charge in [0.1, 0.15) is 0 Å². The summed E-state index contributed by atoms with van der Waals surface area (Å²) in [6.45, 7) is 3.28. The zero-order valence-electron chi connectivity index (χ0n) is 15.0. The Balaban J connectivity index is 1.99. The molecule has 0 bridgehead atoms. The number of carbonyl (C=O) groups excluding carboxylic acids is 1. The molecule has 0 radical (unpaired) electrons. The van der Waals surface area contributed by atoms with Gasteiger partial charge in [-0.15, -0.1) is 0 Å². The molecule has 25 heavy (non-hydrogen) atoms. The molecule has 0 fully saturated rings. The largest absolute Gasteiger partial charge is 0.454 e. The fourth-order valence-corrected chi connectivity index (χ4v) is 3.34. The van der Waals surface area contributed by atoms with E-state index in [2.05, 4.69) is 6.92 Å². The van der Waals surface area contributed by atoms with Gasteiger partial charge in [-0.25, -0.2) is 8.42 Å². The zero-order valence-corrected chi connectivity index (χ0v) is 15.8. The van der Waals surface area contributed by atoms with E-state index in [1.54, 1.807) is 30.1 Å². The van der Waals surface area contributed by atoms with Gasteiger partial charge in [-0.2, -0.15) is 4.31 Å². The predicted molar refractivity (Wildman–Crippen MR) is 95.0 cm³/mol. The van der Waals surface area contributed by atoms with Crippen molar-refractivity contribution in [1.82, 2.24) is 9.21 Å². The Labute approximate surface area is 149 Å². The van der Waals surface area contributed by atoms with Crippen molar-refractivity contribution in [1.29, 1.82) is 0 Å². The third kappa shape index (κ3) is 5.61. The number of nitrogens with zero attached hydrogens (tertiary/aromatic N) is 2. The average molecular weight is 370 g/mol. The van der Waals surface area contributed by atoms with Crippen LogP contribution in [0.25, 0.3) is 0 Å². The summed E-state index contributed by atoms with van der Waals surface area (Å²) < 4.78 is 36.0. The summed E-state index contributed by atoms with van der Waals surface area (Å²) in [5, 5.41) is 0. The van der Waals surface area contributed by atoms with Crippen LogP contribution in [0.15, 0.2) is 18.2 Å². The number of ether oxygens (including phenoxy) is 2. The van der Waals surface area contributed by atoms with Crippen LogP contribution >= 0.6 is 0 Å². The number of hydrogen-bond donors (Lipinski definition) is 0. The molecule has 0 atom stereocenters. The molecular weight excluding hydrogens is 344 g/mol. The average Bonchev–Trinajstić information content (AvgIpc) is 3.02. The Kier molecular flexibility index (Phi) is 6.66. The van der Waals surface area contributed by atoms with E-state index in [9.17, 15) is 13.2 Å². The van der Waals surface area contributed by atoms with Crippen molar-refractivity contribution < 1.29 is 22.7 Å². The van der Waals surface area contributed by atoms with Crippen molar-refractivity contribution in [2.24, 2.45) is 0 Å². The van der Waals surface area contributed by atoms with E-state index in [4.69, 9.17) is 9.47 Å². The minimum Gasteiger partial charge on any atom is -0.454 e. The summed E-state index contributed by atoms with van der Waals surface area (Å²) in [7, 11) is -1.67. The van der Waals surface area contributed by atoms with Gasteiger partial charge >= 0.3 is 0 Å². The molecule has 0 aliphatic carbocycles. The van der Waals surface area contributed by atoms with E-state index in [1.807, 2.05) is 0 Å². The third-order valence-electron chi connectivity index (χ3n) is 4.11. The number of carbonyl (C=O) groups is 1. The molecule has 0 spiro atoms. The number of hydrogen-bond acceptors (Lipinski definition) is 5. The molecule has 0 saturated carbocycles. The van der Waals surface area contributed by atoms with Crippen molar-refractivity contribution in [2.45, 2.75) is 32.7 Å². The van der Waals surface area contributed by atoms with E-state index < -0.39 is 10.0 Å². The van der Waals surface area contributed by atoms with E-state index in [-0.39, 0.29) is 32.2 Å². The molecule has 1 aliphatic heterocycles. The highest BCUT2D eigenvalue weighted by molar-refractivity contribution is 7.88. The van der Waals surface area contributed by atoms with Gasteiger partial charge in [0.25, 0.3) is 0 Å². The summed E-state index contributed by atoms with van der Waals surface area (Å²) in [5.74, 6) is 1.22. The molecular formula is C17H26N2O5S. The molecule has 0 N–H and O–H groups in total. The lowest BCUT2D eigenvalue weighted by Crippen LogP contribution is -2.35. The van der Waals surface area contributed by atoms with Gasteiger partial charge in [-0.1, -0.05) is 19.4 Å². The van der Waals surface area contributed by atoms with Crippen molar-refractivity contribution in [3.8, 4) is 11.5 Å². The highest BCUT2D eigenvalue weighted by Crippen LogP contribution is 2.32. The molecule has 8 heteroatoms. The lowest BCUT2D eigenvalue weighted by Gasteiger charge is -2.22. The maximum absolute atomic E-state index is 12.2. The maximum atomic E-state index is 12.2. The van der Waals surface area contributed by atoms with Crippen molar-refractivity contribution in [3.63, 3.8) is 0 Å². The van der Waals surface area contributed by atoms with Crippen LogP contribution in [-0.2, 0) is 21.4 Å². The molecule has 7 nitrogen and oxygen atoms in total. The molecule has 2 rings (SSSR count). The summed E-state index contributed by atoms with van der Waals surface area (Å²) in [6, 6.07) is 5.35. The van der Waals surface area contributed by atoms with Gasteiger partial charge in [-0.3, -0.25) is 4.79 Å². The van der Waals surface area contributed by atoms with E-state index >= 15 is 0 Å². The van der Waals surface area contributed by atoms with Crippen molar-refractivity contribution in [2.75, 3.05) is 33.2 Å². The van der Waals surface area contributed by atoms with Gasteiger partial charge in [0.2, 0.25) is 22.7 Å². The third-order valence-corrected chi connectivity index (χ3v) is 5.36. The number of unbranched alkanes of at least 4 members (excludes halogenated alkanes) is 1. The summed E-state index contributed by atoms with van der Waals surface area (Å²) in [4.78, 5) is 13.8. The maximum Gasteiger partial charge on any atom is 0.231 e.